The van der Waals surface area contributed by atoms with Gasteiger partial charge in [0.25, 0.3) is 0 Å². The molecule has 1 aromatic heterocycles. The number of anilines is 1. The zero-order chi connectivity index (χ0) is 29.3. The van der Waals surface area contributed by atoms with Gasteiger partial charge < -0.3 is 29.5 Å². The molecular weight excluding hydrogens is 567 g/mol. The summed E-state index contributed by atoms with van der Waals surface area (Å²) in [5.74, 6) is -2.00. The molecule has 0 bridgehead atoms. The predicted octanol–water partition coefficient (Wildman–Crippen LogP) is 4.33. The first-order valence-corrected chi connectivity index (χ1v) is 15.5. The second kappa shape index (κ2) is 12.4. The van der Waals surface area contributed by atoms with Gasteiger partial charge in [0.2, 0.25) is 5.43 Å². The van der Waals surface area contributed by atoms with Crippen molar-refractivity contribution in [3.05, 3.63) is 50.5 Å². The smallest absolute Gasteiger partial charge is 0.341 e. The van der Waals surface area contributed by atoms with E-state index in [9.17, 15) is 19.5 Å². The average molecular weight is 603 g/mol. The summed E-state index contributed by atoms with van der Waals surface area (Å²) in [7, 11) is 0. The van der Waals surface area contributed by atoms with E-state index in [4.69, 9.17) is 17.0 Å². The number of carboxylic acids is 1. The van der Waals surface area contributed by atoms with Crippen LogP contribution in [0.15, 0.2) is 33.7 Å². The fourth-order valence-electron chi connectivity index (χ4n) is 6.06. The number of carbonyl (C=O) groups excluding carboxylic acids is 1. The van der Waals surface area contributed by atoms with Crippen LogP contribution in [0, 0.1) is 11.7 Å². The molecule has 41 heavy (non-hydrogen) atoms. The number of halogens is 1. The van der Waals surface area contributed by atoms with E-state index in [1.165, 1.54) is 12.6 Å². The largest absolute Gasteiger partial charge is 0.477 e. The van der Waals surface area contributed by atoms with Crippen molar-refractivity contribution in [3.63, 3.8) is 0 Å². The second-order valence-electron chi connectivity index (χ2n) is 10.6. The molecule has 3 heterocycles. The summed E-state index contributed by atoms with van der Waals surface area (Å²) in [6.07, 6.45) is 6.80. The Hall–Kier alpha value is -3.12. The van der Waals surface area contributed by atoms with E-state index >= 15 is 4.39 Å². The summed E-state index contributed by atoms with van der Waals surface area (Å²) in [6, 6.07) is 2.77. The summed E-state index contributed by atoms with van der Waals surface area (Å²) < 4.78 is 22.4. The molecule has 1 aliphatic carbocycles. The van der Waals surface area contributed by atoms with Crippen molar-refractivity contribution in [1.82, 2.24) is 14.8 Å². The highest BCUT2D eigenvalue weighted by Gasteiger charge is 2.41. The number of nitrogens with one attached hydrogen (secondary N) is 1. The molecule has 2 aliphatic heterocycles. The number of piperazine rings is 1. The number of benzene rings is 1. The molecule has 1 saturated carbocycles. The number of hydrogen-bond donors (Lipinski definition) is 2. The molecule has 3 aliphatic rings. The Morgan fingerprint density at radius 1 is 1.15 bits per heavy atom. The number of fused-ring (bicyclic) bond motifs is 2. The van der Waals surface area contributed by atoms with Crippen LogP contribution in [0.2, 0.25) is 0 Å². The molecule has 0 spiro atoms. The van der Waals surface area contributed by atoms with Gasteiger partial charge in [0, 0.05) is 55.5 Å². The standard InChI is InChI=1S/C29H35FN4O5S2/c1-3-32-16-19(27(36)37)25(35)18-14-20(30)22(15-21(18)32)33-10-12-34(13-11-33)29(40)31-26-24(28(38)39-4-2)17-8-6-5-7-9-23(17)41-26/h14-17,23H,3-13H2,1-2H3,(H,31,40)(H,36,37). The van der Waals surface area contributed by atoms with E-state index in [1.54, 1.807) is 22.4 Å². The van der Waals surface area contributed by atoms with Crippen LogP contribution in [0.3, 0.4) is 0 Å². The number of nitrogens with zero attached hydrogens (tertiary/aromatic N) is 3. The normalized spacial score (nSPS) is 21.0. The molecular formula is C29H35FN4O5S2. The number of pyridine rings is 1. The van der Waals surface area contributed by atoms with Gasteiger partial charge in [-0.05, 0) is 51.0 Å². The fraction of sp³-hybridized carbons (Fsp3) is 0.517. The van der Waals surface area contributed by atoms with Gasteiger partial charge in [0.05, 0.1) is 28.4 Å². The molecule has 12 heteroatoms. The minimum Gasteiger partial charge on any atom is -0.477 e. The summed E-state index contributed by atoms with van der Waals surface area (Å²) in [4.78, 5) is 41.1. The number of aromatic carboxylic acids is 1. The van der Waals surface area contributed by atoms with Crippen LogP contribution in [-0.2, 0) is 16.1 Å². The maximum Gasteiger partial charge on any atom is 0.341 e. The van der Waals surface area contributed by atoms with E-state index in [2.05, 4.69) is 5.32 Å². The van der Waals surface area contributed by atoms with Crippen LogP contribution < -0.4 is 15.6 Å². The van der Waals surface area contributed by atoms with Gasteiger partial charge in [-0.3, -0.25) is 4.79 Å². The number of aromatic nitrogens is 1. The van der Waals surface area contributed by atoms with Crippen molar-refractivity contribution in [2.45, 2.75) is 57.7 Å². The zero-order valence-corrected chi connectivity index (χ0v) is 24.9. The van der Waals surface area contributed by atoms with Gasteiger partial charge >= 0.3 is 11.9 Å². The summed E-state index contributed by atoms with van der Waals surface area (Å²) in [5, 5.41) is 14.5. The third kappa shape index (κ3) is 5.81. The summed E-state index contributed by atoms with van der Waals surface area (Å²) in [5.41, 5.74) is 0.501. The zero-order valence-electron chi connectivity index (χ0n) is 23.3. The van der Waals surface area contributed by atoms with Gasteiger partial charge in [-0.25, -0.2) is 14.0 Å². The maximum atomic E-state index is 15.3. The van der Waals surface area contributed by atoms with Crippen molar-refractivity contribution >= 4 is 57.6 Å². The molecule has 0 radical (unpaired) electrons. The van der Waals surface area contributed by atoms with Gasteiger partial charge in [-0.2, -0.15) is 0 Å². The van der Waals surface area contributed by atoms with Crippen molar-refractivity contribution in [2.24, 2.45) is 5.92 Å². The summed E-state index contributed by atoms with van der Waals surface area (Å²) in [6.45, 7) is 6.49. The fourth-order valence-corrected chi connectivity index (χ4v) is 7.95. The first-order chi connectivity index (χ1) is 19.7. The monoisotopic (exact) mass is 602 g/mol. The first-order valence-electron chi connectivity index (χ1n) is 14.2. The Morgan fingerprint density at radius 3 is 2.56 bits per heavy atom. The number of esters is 1. The van der Waals surface area contributed by atoms with Gasteiger partial charge in [0.1, 0.15) is 11.4 Å². The highest BCUT2D eigenvalue weighted by molar-refractivity contribution is 8.04. The lowest BCUT2D eigenvalue weighted by Gasteiger charge is -2.37. The van der Waals surface area contributed by atoms with Crippen LogP contribution in [0.1, 0.15) is 56.3 Å². The van der Waals surface area contributed by atoms with Crippen molar-refractivity contribution in [2.75, 3.05) is 37.7 Å². The van der Waals surface area contributed by atoms with Crippen LogP contribution >= 0.6 is 24.0 Å². The molecule has 2 fully saturated rings. The van der Waals surface area contributed by atoms with Crippen molar-refractivity contribution < 1.29 is 23.8 Å². The Labute approximate surface area is 247 Å². The SMILES string of the molecule is CCOC(=O)C1=C(NC(=S)N2CCN(c3cc4c(cc3F)c(=O)c(C(=O)O)cn4CC)CC2)SC2CCCCCC12. The lowest BCUT2D eigenvalue weighted by Crippen LogP contribution is -2.51. The lowest BCUT2D eigenvalue weighted by atomic mass is 9.92. The van der Waals surface area contributed by atoms with Crippen molar-refractivity contribution in [3.8, 4) is 0 Å². The van der Waals surface area contributed by atoms with E-state index in [0.717, 1.165) is 42.4 Å². The van der Waals surface area contributed by atoms with Crippen LogP contribution in [0.5, 0.6) is 0 Å². The number of aryl methyl sites for hydroxylation is 1. The molecule has 1 aromatic carbocycles. The van der Waals surface area contributed by atoms with Crippen molar-refractivity contribution in [1.29, 1.82) is 0 Å². The minimum atomic E-state index is -1.33. The minimum absolute atomic E-state index is 0.0491. The molecule has 9 nitrogen and oxygen atoms in total. The number of ether oxygens (including phenoxy) is 1. The molecule has 220 valence electrons. The highest BCUT2D eigenvalue weighted by Crippen LogP contribution is 2.47. The molecule has 2 atom stereocenters. The quantitative estimate of drug-likeness (QED) is 0.367. The highest BCUT2D eigenvalue weighted by atomic mass is 32.2. The Morgan fingerprint density at radius 2 is 1.88 bits per heavy atom. The number of rotatable bonds is 6. The molecule has 0 amide bonds. The van der Waals surface area contributed by atoms with Gasteiger partial charge in [-0.1, -0.05) is 19.3 Å². The average Bonchev–Trinajstić information content (AvgIpc) is 3.13. The third-order valence-corrected chi connectivity index (χ3v) is 9.97. The van der Waals surface area contributed by atoms with E-state index in [0.29, 0.717) is 60.9 Å². The van der Waals surface area contributed by atoms with Gasteiger partial charge in [-0.15, -0.1) is 11.8 Å². The maximum absolute atomic E-state index is 15.3. The molecule has 2 aromatic rings. The van der Waals surface area contributed by atoms with Crippen LogP contribution in [0.4, 0.5) is 10.1 Å². The second-order valence-corrected chi connectivity index (χ2v) is 12.2. The van der Waals surface area contributed by atoms with E-state index in [1.807, 2.05) is 23.6 Å². The molecule has 5 rings (SSSR count). The molecule has 2 unspecified atom stereocenters. The summed E-state index contributed by atoms with van der Waals surface area (Å²) >= 11 is 7.47. The number of thioether (sulfide) groups is 1. The number of hydrogen-bond acceptors (Lipinski definition) is 7. The predicted molar refractivity (Wildman–Crippen MR) is 162 cm³/mol. The Bertz CT molecular complexity index is 1470. The number of thiocarbonyl (C=S) groups is 1. The lowest BCUT2D eigenvalue weighted by molar-refractivity contribution is -0.139. The Balaban J connectivity index is 1.32. The first kappa shape index (κ1) is 29.4. The van der Waals surface area contributed by atoms with E-state index in [-0.39, 0.29) is 22.8 Å². The Kier molecular flexibility index (Phi) is 8.88. The third-order valence-electron chi connectivity index (χ3n) is 8.18. The van der Waals surface area contributed by atoms with Crippen LogP contribution in [0.25, 0.3) is 10.9 Å². The number of carbonyl (C=O) groups is 2. The van der Waals surface area contributed by atoms with Crippen LogP contribution in [-0.4, -0.2) is 69.7 Å². The van der Waals surface area contributed by atoms with E-state index < -0.39 is 17.2 Å². The topological polar surface area (TPSA) is 104 Å². The molecule has 2 N–H and O–H groups in total. The number of carboxylic acid groups (broad SMARTS) is 1. The van der Waals surface area contributed by atoms with Gasteiger partial charge in [0.15, 0.2) is 5.11 Å². The molecule has 1 saturated heterocycles.